The molecule has 1 unspecified atom stereocenters. The Balaban J connectivity index is 1.67. The smallest absolute Gasteiger partial charge is 0.287 e. The summed E-state index contributed by atoms with van der Waals surface area (Å²) in [6.07, 6.45) is 3.70. The predicted molar refractivity (Wildman–Crippen MR) is 91.2 cm³/mol. The summed E-state index contributed by atoms with van der Waals surface area (Å²) >= 11 is 6.20. The lowest BCUT2D eigenvalue weighted by molar-refractivity contribution is 0.0354. The Kier molecular flexibility index (Phi) is 4.98. The maximum atomic E-state index is 11.9. The van der Waals surface area contributed by atoms with E-state index in [0.29, 0.717) is 12.3 Å². The minimum absolute atomic E-state index is 0.129. The maximum Gasteiger partial charge on any atom is 0.287 e. The summed E-state index contributed by atoms with van der Waals surface area (Å²) in [7, 11) is 1.60. The van der Waals surface area contributed by atoms with Crippen molar-refractivity contribution in [3.8, 4) is 0 Å². The van der Waals surface area contributed by atoms with Crippen LogP contribution in [0.25, 0.3) is 0 Å². The molecule has 1 aromatic carbocycles. The van der Waals surface area contributed by atoms with Gasteiger partial charge in [0.25, 0.3) is 5.56 Å². The molecule has 122 valence electrons. The van der Waals surface area contributed by atoms with Gasteiger partial charge in [0.15, 0.2) is 0 Å². The number of ether oxygens (including phenoxy) is 1. The van der Waals surface area contributed by atoms with Crippen molar-refractivity contribution < 1.29 is 4.74 Å². The molecule has 3 rings (SSSR count). The zero-order chi connectivity index (χ0) is 16.2. The van der Waals surface area contributed by atoms with Gasteiger partial charge in [0.2, 0.25) is 0 Å². The van der Waals surface area contributed by atoms with Crippen LogP contribution in [0.1, 0.15) is 12.0 Å². The number of nitrogens with zero attached hydrogens (tertiary/aromatic N) is 3. The third kappa shape index (κ3) is 3.74. The Bertz CT molecular complexity index is 718. The van der Waals surface area contributed by atoms with E-state index in [1.807, 2.05) is 6.07 Å². The molecule has 0 N–H and O–H groups in total. The molecular weight excluding hydrogens is 314 g/mol. The quantitative estimate of drug-likeness (QED) is 0.861. The monoisotopic (exact) mass is 333 g/mol. The lowest BCUT2D eigenvalue weighted by Crippen LogP contribution is -2.43. The van der Waals surface area contributed by atoms with Gasteiger partial charge in [-0.2, -0.15) is 5.10 Å². The summed E-state index contributed by atoms with van der Waals surface area (Å²) in [6.45, 7) is 2.07. The summed E-state index contributed by atoms with van der Waals surface area (Å²) in [6, 6.07) is 10.4. The fourth-order valence-corrected chi connectivity index (χ4v) is 3.10. The molecule has 0 spiro atoms. The molecule has 1 aliphatic heterocycles. The predicted octanol–water partition coefficient (Wildman–Crippen LogP) is 2.27. The number of halogens is 1. The van der Waals surface area contributed by atoms with Crippen molar-refractivity contribution in [3.05, 3.63) is 57.5 Å². The van der Waals surface area contributed by atoms with Crippen molar-refractivity contribution in [1.82, 2.24) is 9.78 Å². The van der Waals surface area contributed by atoms with Crippen molar-refractivity contribution in [3.63, 3.8) is 0 Å². The fourth-order valence-electron chi connectivity index (χ4n) is 2.81. The van der Waals surface area contributed by atoms with Crippen LogP contribution >= 0.6 is 11.6 Å². The highest BCUT2D eigenvalue weighted by Gasteiger charge is 2.23. The normalized spacial score (nSPS) is 18.2. The van der Waals surface area contributed by atoms with Crippen LogP contribution in [0.2, 0.25) is 5.02 Å². The zero-order valence-corrected chi connectivity index (χ0v) is 13.9. The number of hydrogen-bond donors (Lipinski definition) is 0. The van der Waals surface area contributed by atoms with Crippen LogP contribution in [0.5, 0.6) is 0 Å². The van der Waals surface area contributed by atoms with Gasteiger partial charge in [-0.05, 0) is 18.4 Å². The second-order valence-corrected chi connectivity index (χ2v) is 6.11. The van der Waals surface area contributed by atoms with Crippen molar-refractivity contribution in [1.29, 1.82) is 0 Å². The molecule has 1 aromatic heterocycles. The number of hydrogen-bond acceptors (Lipinski definition) is 4. The number of benzene rings is 1. The molecule has 1 atom stereocenters. The molecule has 1 saturated heterocycles. The Morgan fingerprint density at radius 1 is 1.35 bits per heavy atom. The summed E-state index contributed by atoms with van der Waals surface area (Å²) < 4.78 is 7.11. The number of aryl methyl sites for hydroxylation is 2. The van der Waals surface area contributed by atoms with E-state index in [2.05, 4.69) is 34.3 Å². The Hall–Kier alpha value is -1.85. The lowest BCUT2D eigenvalue weighted by atomic mass is 10.1. The fraction of sp³-hybridized carbons (Fsp3) is 0.412. The number of aromatic nitrogens is 2. The summed E-state index contributed by atoms with van der Waals surface area (Å²) in [5.41, 5.74) is 1.74. The van der Waals surface area contributed by atoms with Gasteiger partial charge in [0.05, 0.1) is 24.6 Å². The van der Waals surface area contributed by atoms with E-state index in [1.165, 1.54) is 10.2 Å². The van der Waals surface area contributed by atoms with Gasteiger partial charge < -0.3 is 9.64 Å². The van der Waals surface area contributed by atoms with E-state index < -0.39 is 0 Å². The third-order valence-corrected chi connectivity index (χ3v) is 4.49. The highest BCUT2D eigenvalue weighted by molar-refractivity contribution is 6.33. The van der Waals surface area contributed by atoms with E-state index in [1.54, 1.807) is 13.2 Å². The molecule has 2 heterocycles. The standard InChI is InChI=1S/C17H20ClN3O2/c1-20-17(22)16(18)15(11-19-20)21-9-10-23-14(12-21)8-7-13-5-3-2-4-6-13/h2-6,11,14H,7-10,12H2,1H3. The zero-order valence-electron chi connectivity index (χ0n) is 13.1. The number of rotatable bonds is 4. The van der Waals surface area contributed by atoms with Crippen LogP contribution in [-0.4, -0.2) is 35.6 Å². The first-order valence-electron chi connectivity index (χ1n) is 7.77. The van der Waals surface area contributed by atoms with Crippen LogP contribution in [0.4, 0.5) is 5.69 Å². The SMILES string of the molecule is Cn1ncc(N2CCOC(CCc3ccccc3)C2)c(Cl)c1=O. The molecule has 1 fully saturated rings. The van der Waals surface area contributed by atoms with Gasteiger partial charge in [-0.3, -0.25) is 4.79 Å². The van der Waals surface area contributed by atoms with Crippen molar-refractivity contribution in [2.45, 2.75) is 18.9 Å². The van der Waals surface area contributed by atoms with Crippen molar-refractivity contribution in [2.75, 3.05) is 24.6 Å². The molecule has 23 heavy (non-hydrogen) atoms. The van der Waals surface area contributed by atoms with E-state index in [4.69, 9.17) is 16.3 Å². The largest absolute Gasteiger partial charge is 0.375 e. The molecule has 1 aliphatic rings. The molecule has 0 aliphatic carbocycles. The number of anilines is 1. The summed E-state index contributed by atoms with van der Waals surface area (Å²) in [4.78, 5) is 14.0. The molecule has 5 nitrogen and oxygen atoms in total. The first-order valence-corrected chi connectivity index (χ1v) is 8.15. The lowest BCUT2D eigenvalue weighted by Gasteiger charge is -2.34. The molecule has 2 aromatic rings. The minimum Gasteiger partial charge on any atom is -0.375 e. The van der Waals surface area contributed by atoms with Crippen LogP contribution in [0.3, 0.4) is 0 Å². The highest BCUT2D eigenvalue weighted by Crippen LogP contribution is 2.24. The van der Waals surface area contributed by atoms with E-state index in [0.717, 1.165) is 25.9 Å². The average Bonchev–Trinajstić information content (AvgIpc) is 2.59. The molecule has 6 heteroatoms. The third-order valence-electron chi connectivity index (χ3n) is 4.14. The van der Waals surface area contributed by atoms with Gasteiger partial charge in [-0.25, -0.2) is 4.68 Å². The maximum absolute atomic E-state index is 11.9. The Morgan fingerprint density at radius 2 is 2.13 bits per heavy atom. The van der Waals surface area contributed by atoms with Gasteiger partial charge in [0.1, 0.15) is 5.02 Å². The van der Waals surface area contributed by atoms with E-state index in [9.17, 15) is 4.79 Å². The topological polar surface area (TPSA) is 47.4 Å². The highest BCUT2D eigenvalue weighted by atomic mass is 35.5. The van der Waals surface area contributed by atoms with E-state index in [-0.39, 0.29) is 16.7 Å². The van der Waals surface area contributed by atoms with Crippen LogP contribution < -0.4 is 10.5 Å². The van der Waals surface area contributed by atoms with Gasteiger partial charge in [-0.1, -0.05) is 41.9 Å². The molecule has 0 radical (unpaired) electrons. The molecule has 0 saturated carbocycles. The van der Waals surface area contributed by atoms with Crippen molar-refractivity contribution in [2.24, 2.45) is 7.05 Å². The second kappa shape index (κ2) is 7.15. The van der Waals surface area contributed by atoms with E-state index >= 15 is 0 Å². The Labute approximate surface area is 140 Å². The molecular formula is C17H20ClN3O2. The average molecular weight is 334 g/mol. The summed E-state index contributed by atoms with van der Waals surface area (Å²) in [5.74, 6) is 0. The Morgan fingerprint density at radius 3 is 2.91 bits per heavy atom. The molecule has 0 bridgehead atoms. The van der Waals surface area contributed by atoms with Gasteiger partial charge in [-0.15, -0.1) is 0 Å². The summed E-state index contributed by atoms with van der Waals surface area (Å²) in [5, 5.41) is 4.30. The van der Waals surface area contributed by atoms with Gasteiger partial charge >= 0.3 is 0 Å². The second-order valence-electron chi connectivity index (χ2n) is 5.74. The van der Waals surface area contributed by atoms with Crippen LogP contribution in [0.15, 0.2) is 41.3 Å². The minimum atomic E-state index is -0.267. The molecule has 0 amide bonds. The first kappa shape index (κ1) is 16.0. The first-order chi connectivity index (χ1) is 11.1. The van der Waals surface area contributed by atoms with Gasteiger partial charge in [0, 0.05) is 20.1 Å². The number of morpholine rings is 1. The van der Waals surface area contributed by atoms with Crippen LogP contribution in [0, 0.1) is 0 Å². The van der Waals surface area contributed by atoms with Crippen LogP contribution in [-0.2, 0) is 18.2 Å². The van der Waals surface area contributed by atoms with Crippen molar-refractivity contribution >= 4 is 17.3 Å².